The molecule has 1 fully saturated rings. The van der Waals surface area contributed by atoms with Crippen molar-refractivity contribution in [3.8, 4) is 0 Å². The second-order valence-corrected chi connectivity index (χ2v) is 13.3. The lowest BCUT2D eigenvalue weighted by atomic mass is 9.87. The van der Waals surface area contributed by atoms with Crippen molar-refractivity contribution in [1.29, 1.82) is 0 Å². The molecule has 10 heteroatoms. The number of nitrogens with zero attached hydrogens (tertiary/aromatic N) is 2. The summed E-state index contributed by atoms with van der Waals surface area (Å²) in [6.45, 7) is 8.02. The van der Waals surface area contributed by atoms with Crippen molar-refractivity contribution >= 4 is 28.8 Å². The first-order valence-corrected chi connectivity index (χ1v) is 16.7. The summed E-state index contributed by atoms with van der Waals surface area (Å²) in [5.41, 5.74) is 2.95. The van der Waals surface area contributed by atoms with Crippen molar-refractivity contribution in [3.63, 3.8) is 0 Å². The van der Waals surface area contributed by atoms with Gasteiger partial charge in [0, 0.05) is 36.6 Å². The fraction of sp³-hybridized carbons (Fsp3) is 0.459. The monoisotopic (exact) mass is 641 g/mol. The molecule has 0 radical (unpaired) electrons. The molecule has 0 aliphatic heterocycles. The van der Waals surface area contributed by atoms with E-state index in [4.69, 9.17) is 9.15 Å². The van der Waals surface area contributed by atoms with Crippen LogP contribution in [0.1, 0.15) is 92.2 Å². The standard InChI is InChI=1S/C37H47N5O5/c1-23(2)19-30(40-37(45)38-28-17-15-24(3)16-18-28)34(43)39-31(20-27-21-42(5)32-14-10-9-13-29(27)32)35-41-33(25(4)47-35)36(44)46-22-26-11-7-6-8-12-26/h6-14,21,23-24,28,30-31H,15-20,22H2,1-5H3,(H,39,43)(H2,38,40,45)/t24?,28?,30-,31+/m0/s1. The quantitative estimate of drug-likeness (QED) is 0.151. The van der Waals surface area contributed by atoms with E-state index in [0.29, 0.717) is 24.5 Å². The highest BCUT2D eigenvalue weighted by atomic mass is 16.5. The van der Waals surface area contributed by atoms with Crippen LogP contribution >= 0.6 is 0 Å². The van der Waals surface area contributed by atoms with Gasteiger partial charge < -0.3 is 29.7 Å². The molecule has 4 aromatic rings. The third-order valence-electron chi connectivity index (χ3n) is 8.92. The van der Waals surface area contributed by atoms with Crippen molar-refractivity contribution in [2.75, 3.05) is 0 Å². The number of aryl methyl sites for hydroxylation is 2. The van der Waals surface area contributed by atoms with Gasteiger partial charge >= 0.3 is 12.0 Å². The van der Waals surface area contributed by atoms with Crippen molar-refractivity contribution in [3.05, 3.63) is 89.3 Å². The Morgan fingerprint density at radius 3 is 2.43 bits per heavy atom. The number of carbonyl (C=O) groups excluding carboxylic acids is 3. The Labute approximate surface area is 276 Å². The number of hydrogen-bond donors (Lipinski definition) is 3. The first kappa shape index (κ1) is 33.8. The number of para-hydroxylation sites is 1. The zero-order chi connectivity index (χ0) is 33.5. The van der Waals surface area contributed by atoms with Crippen LogP contribution in [0.2, 0.25) is 0 Å². The Morgan fingerprint density at radius 2 is 1.70 bits per heavy atom. The van der Waals surface area contributed by atoms with Gasteiger partial charge in [-0.15, -0.1) is 0 Å². The van der Waals surface area contributed by atoms with Gasteiger partial charge in [-0.1, -0.05) is 69.3 Å². The zero-order valence-electron chi connectivity index (χ0n) is 28.0. The number of rotatable bonds is 12. The van der Waals surface area contributed by atoms with E-state index in [1.54, 1.807) is 6.92 Å². The first-order chi connectivity index (χ1) is 22.6. The molecule has 47 heavy (non-hydrogen) atoms. The lowest BCUT2D eigenvalue weighted by Gasteiger charge is -2.28. The summed E-state index contributed by atoms with van der Waals surface area (Å²) in [4.78, 5) is 44.7. The van der Waals surface area contributed by atoms with E-state index in [-0.39, 0.29) is 42.1 Å². The van der Waals surface area contributed by atoms with E-state index in [2.05, 4.69) is 27.9 Å². The number of esters is 1. The van der Waals surface area contributed by atoms with Gasteiger partial charge in [0.25, 0.3) is 0 Å². The number of hydrogen-bond acceptors (Lipinski definition) is 6. The van der Waals surface area contributed by atoms with Gasteiger partial charge in [0.05, 0.1) is 0 Å². The van der Waals surface area contributed by atoms with E-state index in [1.165, 1.54) is 0 Å². The molecule has 0 spiro atoms. The van der Waals surface area contributed by atoms with Crippen LogP contribution in [-0.2, 0) is 29.6 Å². The summed E-state index contributed by atoms with van der Waals surface area (Å²) in [6, 6.07) is 15.7. The smallest absolute Gasteiger partial charge is 0.360 e. The molecule has 3 N–H and O–H groups in total. The molecule has 0 saturated heterocycles. The number of urea groups is 1. The van der Waals surface area contributed by atoms with Gasteiger partial charge in [-0.05, 0) is 68.1 Å². The minimum atomic E-state index is -0.779. The molecule has 2 atom stereocenters. The Morgan fingerprint density at radius 1 is 1.00 bits per heavy atom. The van der Waals surface area contributed by atoms with Crippen LogP contribution < -0.4 is 16.0 Å². The van der Waals surface area contributed by atoms with Gasteiger partial charge in [-0.3, -0.25) is 4.79 Å². The maximum atomic E-state index is 14.0. The molecule has 2 aromatic carbocycles. The van der Waals surface area contributed by atoms with Crippen molar-refractivity contribution in [2.24, 2.45) is 18.9 Å². The number of amides is 3. The fourth-order valence-corrected chi connectivity index (χ4v) is 6.32. The minimum Gasteiger partial charge on any atom is -0.456 e. The molecule has 1 aliphatic rings. The lowest BCUT2D eigenvalue weighted by molar-refractivity contribution is -0.124. The van der Waals surface area contributed by atoms with Crippen LogP contribution in [0.25, 0.3) is 10.9 Å². The molecule has 250 valence electrons. The molecule has 3 amide bonds. The van der Waals surface area contributed by atoms with Crippen molar-refractivity contribution in [2.45, 2.75) is 91.0 Å². The number of carbonyl (C=O) groups is 3. The lowest BCUT2D eigenvalue weighted by Crippen LogP contribution is -2.53. The summed E-state index contributed by atoms with van der Waals surface area (Å²) >= 11 is 0. The Bertz CT molecular complexity index is 1670. The van der Waals surface area contributed by atoms with Crippen LogP contribution in [0.3, 0.4) is 0 Å². The van der Waals surface area contributed by atoms with Gasteiger partial charge in [-0.2, -0.15) is 0 Å². The van der Waals surface area contributed by atoms with Crippen LogP contribution in [0.5, 0.6) is 0 Å². The summed E-state index contributed by atoms with van der Waals surface area (Å²) in [5.74, 6) is 0.352. The summed E-state index contributed by atoms with van der Waals surface area (Å²) < 4.78 is 13.6. The third-order valence-corrected chi connectivity index (χ3v) is 8.92. The normalized spacial score (nSPS) is 17.7. The fourth-order valence-electron chi connectivity index (χ4n) is 6.32. The van der Waals surface area contributed by atoms with Crippen LogP contribution in [-0.4, -0.2) is 39.5 Å². The van der Waals surface area contributed by atoms with Gasteiger partial charge in [0.15, 0.2) is 5.69 Å². The third kappa shape index (κ3) is 8.81. The van der Waals surface area contributed by atoms with Crippen molar-refractivity contribution in [1.82, 2.24) is 25.5 Å². The molecule has 1 aliphatic carbocycles. The minimum absolute atomic E-state index is 0.0612. The molecule has 0 bridgehead atoms. The highest BCUT2D eigenvalue weighted by Crippen LogP contribution is 2.28. The van der Waals surface area contributed by atoms with Crippen LogP contribution in [0.4, 0.5) is 4.79 Å². The first-order valence-electron chi connectivity index (χ1n) is 16.7. The number of benzene rings is 2. The van der Waals surface area contributed by atoms with Crippen LogP contribution in [0, 0.1) is 18.8 Å². The predicted octanol–water partition coefficient (Wildman–Crippen LogP) is 6.52. The summed E-state index contributed by atoms with van der Waals surface area (Å²) in [6.07, 6.45) is 6.85. The number of ether oxygens (including phenoxy) is 1. The topological polar surface area (TPSA) is 127 Å². The predicted molar refractivity (Wildman–Crippen MR) is 181 cm³/mol. The average Bonchev–Trinajstić information content (AvgIpc) is 3.59. The van der Waals surface area contributed by atoms with Crippen LogP contribution in [0.15, 0.2) is 65.2 Å². The van der Waals surface area contributed by atoms with E-state index in [0.717, 1.165) is 47.7 Å². The Balaban J connectivity index is 1.37. The number of aromatic nitrogens is 2. The van der Waals surface area contributed by atoms with Gasteiger partial charge in [-0.25, -0.2) is 14.6 Å². The van der Waals surface area contributed by atoms with Crippen molar-refractivity contribution < 1.29 is 23.5 Å². The SMILES string of the molecule is Cc1oc([C@@H](Cc2cn(C)c3ccccc23)NC(=O)[C@H](CC(C)C)NC(=O)NC2CCC(C)CC2)nc1C(=O)OCc1ccccc1. The molecular formula is C37H47N5O5. The molecule has 2 aromatic heterocycles. The van der Waals surface area contributed by atoms with E-state index in [9.17, 15) is 14.4 Å². The van der Waals surface area contributed by atoms with Gasteiger partial charge in [0.2, 0.25) is 11.8 Å². The van der Waals surface area contributed by atoms with E-state index in [1.807, 2.05) is 86.3 Å². The van der Waals surface area contributed by atoms with E-state index < -0.39 is 18.1 Å². The molecule has 10 nitrogen and oxygen atoms in total. The Hall–Kier alpha value is -4.60. The van der Waals surface area contributed by atoms with Gasteiger partial charge in [0.1, 0.15) is 24.5 Å². The average molecular weight is 642 g/mol. The summed E-state index contributed by atoms with van der Waals surface area (Å²) in [7, 11) is 1.98. The highest BCUT2D eigenvalue weighted by Gasteiger charge is 2.31. The molecular weight excluding hydrogens is 594 g/mol. The zero-order valence-corrected chi connectivity index (χ0v) is 28.0. The summed E-state index contributed by atoms with van der Waals surface area (Å²) in [5, 5.41) is 10.2. The second-order valence-electron chi connectivity index (χ2n) is 13.3. The molecule has 5 rings (SSSR count). The highest BCUT2D eigenvalue weighted by molar-refractivity contribution is 5.89. The Kier molecular flexibility index (Phi) is 11.0. The largest absolute Gasteiger partial charge is 0.456 e. The number of nitrogens with one attached hydrogen (secondary N) is 3. The maximum Gasteiger partial charge on any atom is 0.360 e. The molecule has 1 saturated carbocycles. The molecule has 0 unspecified atom stereocenters. The van der Waals surface area contributed by atoms with E-state index >= 15 is 0 Å². The second kappa shape index (κ2) is 15.3. The number of fused-ring (bicyclic) bond motifs is 1. The molecule has 2 heterocycles. The number of oxazole rings is 1. The maximum absolute atomic E-state index is 14.0.